The van der Waals surface area contributed by atoms with E-state index >= 15 is 0 Å². The van der Waals surface area contributed by atoms with Gasteiger partial charge in [0.25, 0.3) is 0 Å². The Bertz CT molecular complexity index is 797. The average Bonchev–Trinajstić information content (AvgIpc) is 2.87. The molecule has 0 aromatic carbocycles. The zero-order chi connectivity index (χ0) is 20.0. The standard InChI is InChI=1S/C16H18Cl2F3N5O.HI/c1-22-15(25-9-11-7-12(17)14(18)26(11)2)23-5-6-27-13-4-3-10(8-24-13)16(19,20)21;/h3-4,7-8H,5-6,9H2,1-2H3,(H2,22,23,25);1H. The van der Waals surface area contributed by atoms with Crippen LogP contribution in [0.2, 0.25) is 10.2 Å². The fraction of sp³-hybridized carbons (Fsp3) is 0.375. The molecule has 0 aliphatic rings. The lowest BCUT2D eigenvalue weighted by atomic mass is 10.3. The number of aliphatic imine (C=N–C) groups is 1. The monoisotopic (exact) mass is 551 g/mol. The molecule has 0 bridgehead atoms. The summed E-state index contributed by atoms with van der Waals surface area (Å²) in [7, 11) is 3.41. The number of hydrogen-bond acceptors (Lipinski definition) is 3. The SMILES string of the molecule is CN=C(NCCOc1ccc(C(F)(F)F)cn1)NCc1cc(Cl)c(Cl)n1C.I. The Hall–Kier alpha value is -1.40. The maximum atomic E-state index is 12.5. The number of halogens is 6. The first kappa shape index (κ1) is 24.6. The second-order valence-corrected chi connectivity index (χ2v) is 6.18. The number of hydrogen-bond donors (Lipinski definition) is 2. The van der Waals surface area contributed by atoms with Gasteiger partial charge in [-0.1, -0.05) is 23.2 Å². The molecule has 0 aliphatic carbocycles. The molecule has 28 heavy (non-hydrogen) atoms. The minimum Gasteiger partial charge on any atom is -0.476 e. The molecule has 2 aromatic rings. The van der Waals surface area contributed by atoms with E-state index in [1.807, 2.05) is 0 Å². The van der Waals surface area contributed by atoms with Crippen molar-refractivity contribution >= 4 is 53.1 Å². The molecule has 0 amide bonds. The van der Waals surface area contributed by atoms with Gasteiger partial charge >= 0.3 is 6.18 Å². The van der Waals surface area contributed by atoms with Crippen LogP contribution in [0.5, 0.6) is 5.88 Å². The highest BCUT2D eigenvalue weighted by molar-refractivity contribution is 14.0. The van der Waals surface area contributed by atoms with E-state index < -0.39 is 11.7 Å². The molecular formula is C16H19Cl2F3IN5O. The Morgan fingerprint density at radius 2 is 2.00 bits per heavy atom. The Kier molecular flexibility index (Phi) is 9.64. The molecule has 0 saturated heterocycles. The van der Waals surface area contributed by atoms with E-state index in [0.717, 1.165) is 18.0 Å². The predicted molar refractivity (Wildman–Crippen MR) is 114 cm³/mol. The number of aromatic nitrogens is 2. The van der Waals surface area contributed by atoms with E-state index in [9.17, 15) is 13.2 Å². The van der Waals surface area contributed by atoms with Crippen molar-refractivity contribution in [2.24, 2.45) is 12.0 Å². The molecule has 0 unspecified atom stereocenters. The van der Waals surface area contributed by atoms with Crippen molar-refractivity contribution in [1.82, 2.24) is 20.2 Å². The van der Waals surface area contributed by atoms with Crippen molar-refractivity contribution in [2.75, 3.05) is 20.2 Å². The van der Waals surface area contributed by atoms with Crippen LogP contribution in [0.3, 0.4) is 0 Å². The molecule has 0 saturated carbocycles. The molecule has 156 valence electrons. The molecule has 2 N–H and O–H groups in total. The van der Waals surface area contributed by atoms with Crippen molar-refractivity contribution in [3.05, 3.63) is 45.8 Å². The van der Waals surface area contributed by atoms with Crippen LogP contribution in [0, 0.1) is 0 Å². The Morgan fingerprint density at radius 3 is 2.50 bits per heavy atom. The summed E-state index contributed by atoms with van der Waals surface area (Å²) >= 11 is 12.0. The normalized spacial score (nSPS) is 11.8. The molecule has 6 nitrogen and oxygen atoms in total. The molecule has 0 radical (unpaired) electrons. The van der Waals surface area contributed by atoms with Crippen LogP contribution < -0.4 is 15.4 Å². The Morgan fingerprint density at radius 1 is 1.29 bits per heavy atom. The number of pyridine rings is 1. The highest BCUT2D eigenvalue weighted by Crippen LogP contribution is 2.29. The number of nitrogens with zero attached hydrogens (tertiary/aromatic N) is 3. The number of rotatable bonds is 6. The van der Waals surface area contributed by atoms with Crippen molar-refractivity contribution in [1.29, 1.82) is 0 Å². The maximum Gasteiger partial charge on any atom is 0.417 e. The molecule has 0 spiro atoms. The Labute approximate surface area is 187 Å². The predicted octanol–water partition coefficient (Wildman–Crippen LogP) is 4.11. The lowest BCUT2D eigenvalue weighted by Gasteiger charge is -2.13. The molecule has 0 fully saturated rings. The topological polar surface area (TPSA) is 63.5 Å². The van der Waals surface area contributed by atoms with Crippen LogP contribution >= 0.6 is 47.2 Å². The lowest BCUT2D eigenvalue weighted by molar-refractivity contribution is -0.137. The largest absolute Gasteiger partial charge is 0.476 e. The summed E-state index contributed by atoms with van der Waals surface area (Å²) in [5.41, 5.74) is 0.0524. The first-order valence-electron chi connectivity index (χ1n) is 7.82. The van der Waals surface area contributed by atoms with Gasteiger partial charge in [-0.05, 0) is 12.1 Å². The third-order valence-electron chi connectivity index (χ3n) is 3.58. The van der Waals surface area contributed by atoms with Crippen LogP contribution in [-0.4, -0.2) is 35.7 Å². The molecule has 2 heterocycles. The molecular weight excluding hydrogens is 533 g/mol. The highest BCUT2D eigenvalue weighted by Gasteiger charge is 2.30. The molecule has 2 aromatic heterocycles. The summed E-state index contributed by atoms with van der Waals surface area (Å²) in [6, 6.07) is 3.86. The van der Waals surface area contributed by atoms with Gasteiger partial charge in [0.2, 0.25) is 5.88 Å². The van der Waals surface area contributed by atoms with Gasteiger partial charge < -0.3 is 19.9 Å². The summed E-state index contributed by atoms with van der Waals surface area (Å²) in [6.07, 6.45) is -3.68. The van der Waals surface area contributed by atoms with E-state index in [1.54, 1.807) is 24.7 Å². The van der Waals surface area contributed by atoms with Gasteiger partial charge in [-0.15, -0.1) is 24.0 Å². The van der Waals surface area contributed by atoms with Crippen molar-refractivity contribution in [3.63, 3.8) is 0 Å². The van der Waals surface area contributed by atoms with Gasteiger partial charge in [0.1, 0.15) is 11.8 Å². The fourth-order valence-corrected chi connectivity index (χ4v) is 2.53. The van der Waals surface area contributed by atoms with Crippen LogP contribution in [0.15, 0.2) is 29.4 Å². The quantitative estimate of drug-likeness (QED) is 0.245. The van der Waals surface area contributed by atoms with Gasteiger partial charge in [0.05, 0.1) is 23.7 Å². The first-order valence-corrected chi connectivity index (χ1v) is 8.58. The first-order chi connectivity index (χ1) is 12.7. The van der Waals surface area contributed by atoms with Gasteiger partial charge in [0.15, 0.2) is 5.96 Å². The minimum atomic E-state index is -4.42. The van der Waals surface area contributed by atoms with E-state index in [2.05, 4.69) is 20.6 Å². The summed E-state index contributed by atoms with van der Waals surface area (Å²) < 4.78 is 44.5. The highest BCUT2D eigenvalue weighted by atomic mass is 127. The maximum absolute atomic E-state index is 12.5. The van der Waals surface area contributed by atoms with Crippen LogP contribution in [0.4, 0.5) is 13.2 Å². The molecule has 12 heteroatoms. The summed E-state index contributed by atoms with van der Waals surface area (Å²) in [4.78, 5) is 7.70. The average molecular weight is 552 g/mol. The summed E-state index contributed by atoms with van der Waals surface area (Å²) in [5.74, 6) is 0.633. The van der Waals surface area contributed by atoms with Gasteiger partial charge in [0, 0.05) is 32.1 Å². The Balaban J connectivity index is 0.00000392. The van der Waals surface area contributed by atoms with Crippen LogP contribution in [0.1, 0.15) is 11.3 Å². The summed E-state index contributed by atoms with van der Waals surface area (Å²) in [6.45, 7) is 1.02. The third-order valence-corrected chi connectivity index (χ3v) is 4.43. The van der Waals surface area contributed by atoms with Crippen molar-refractivity contribution in [2.45, 2.75) is 12.7 Å². The summed E-state index contributed by atoms with van der Waals surface area (Å²) in [5, 5.41) is 7.03. The third kappa shape index (κ3) is 6.89. The van der Waals surface area contributed by atoms with Crippen LogP contribution in [0.25, 0.3) is 0 Å². The lowest BCUT2D eigenvalue weighted by Crippen LogP contribution is -2.39. The van der Waals surface area contributed by atoms with E-state index in [-0.39, 0.29) is 36.5 Å². The number of nitrogens with one attached hydrogen (secondary N) is 2. The number of guanidine groups is 1. The van der Waals surface area contributed by atoms with E-state index in [0.29, 0.717) is 29.2 Å². The van der Waals surface area contributed by atoms with Gasteiger partial charge in [-0.2, -0.15) is 13.2 Å². The zero-order valence-electron chi connectivity index (χ0n) is 15.0. The molecule has 2 rings (SSSR count). The fourth-order valence-electron chi connectivity index (χ4n) is 2.11. The molecule has 0 atom stereocenters. The van der Waals surface area contributed by atoms with Crippen LogP contribution in [-0.2, 0) is 19.8 Å². The number of alkyl halides is 3. The number of ether oxygens (including phenoxy) is 1. The van der Waals surface area contributed by atoms with Crippen molar-refractivity contribution in [3.8, 4) is 5.88 Å². The van der Waals surface area contributed by atoms with Gasteiger partial charge in [-0.25, -0.2) is 4.98 Å². The minimum absolute atomic E-state index is 0. The smallest absolute Gasteiger partial charge is 0.417 e. The van der Waals surface area contributed by atoms with E-state index in [1.165, 1.54) is 6.07 Å². The second-order valence-electron chi connectivity index (χ2n) is 5.42. The van der Waals surface area contributed by atoms with Gasteiger partial charge in [-0.3, -0.25) is 4.99 Å². The molecule has 0 aliphatic heterocycles. The second kappa shape index (κ2) is 11.0. The van der Waals surface area contributed by atoms with E-state index in [4.69, 9.17) is 27.9 Å². The van der Waals surface area contributed by atoms with Crippen molar-refractivity contribution < 1.29 is 17.9 Å². The zero-order valence-corrected chi connectivity index (χ0v) is 18.8.